The van der Waals surface area contributed by atoms with E-state index >= 15 is 0 Å². The lowest BCUT2D eigenvalue weighted by Gasteiger charge is -2.35. The maximum Gasteiger partial charge on any atom is 0.254 e. The highest BCUT2D eigenvalue weighted by Gasteiger charge is 2.34. The summed E-state index contributed by atoms with van der Waals surface area (Å²) >= 11 is 1.26. The molecule has 0 saturated heterocycles. The Bertz CT molecular complexity index is 1680. The first-order valence-corrected chi connectivity index (χ1v) is 13.7. The molecule has 5 rings (SSSR count). The fourth-order valence-corrected chi connectivity index (χ4v) is 5.48. The number of aromatic nitrogens is 2. The third-order valence-corrected chi connectivity index (χ3v) is 7.50. The van der Waals surface area contributed by atoms with Gasteiger partial charge in [0.05, 0.1) is 16.1 Å². The lowest BCUT2D eigenvalue weighted by Crippen LogP contribution is -2.40. The van der Waals surface area contributed by atoms with E-state index in [1.54, 1.807) is 17.0 Å². The quantitative estimate of drug-likeness (QED) is 0.255. The molecule has 9 heteroatoms. The fourth-order valence-electron chi connectivity index (χ4n) is 4.94. The Labute approximate surface area is 229 Å². The average molecular weight is 545 g/mol. The maximum atomic E-state index is 14.2. The normalized spacial score (nSPS) is 12.3. The summed E-state index contributed by atoms with van der Waals surface area (Å²) in [6, 6.07) is 18.3. The van der Waals surface area contributed by atoms with Crippen LogP contribution >= 0.6 is 11.5 Å². The molecule has 1 unspecified atom stereocenters. The standard InChI is InChI=1S/C30H29FN4O3S/c1-18(2)27(35(14-6-13-32)30(37)20-9-12-26-24(16-20)33-34-39-26)29-23(15-19-7-4-3-5-8-19)28(36)22-11-10-21(31)17-25(22)38-29/h3-5,7-12,16-18,27H,6,13-15,32H2,1-2H3. The van der Waals surface area contributed by atoms with Crippen LogP contribution < -0.4 is 11.2 Å². The Balaban J connectivity index is 1.69. The minimum atomic E-state index is -0.604. The van der Waals surface area contributed by atoms with Gasteiger partial charge < -0.3 is 15.1 Å². The van der Waals surface area contributed by atoms with E-state index in [2.05, 4.69) is 9.59 Å². The van der Waals surface area contributed by atoms with E-state index in [-0.39, 0.29) is 22.8 Å². The van der Waals surface area contributed by atoms with Gasteiger partial charge in [0.1, 0.15) is 22.7 Å². The van der Waals surface area contributed by atoms with Gasteiger partial charge >= 0.3 is 0 Å². The lowest BCUT2D eigenvalue weighted by molar-refractivity contribution is 0.0587. The van der Waals surface area contributed by atoms with Crippen molar-refractivity contribution < 1.29 is 13.6 Å². The van der Waals surface area contributed by atoms with Crippen LogP contribution in [0.3, 0.4) is 0 Å². The summed E-state index contributed by atoms with van der Waals surface area (Å²) in [6.07, 6.45) is 0.861. The van der Waals surface area contributed by atoms with Crippen molar-refractivity contribution in [1.82, 2.24) is 14.5 Å². The van der Waals surface area contributed by atoms with Gasteiger partial charge in [0.25, 0.3) is 5.91 Å². The van der Waals surface area contributed by atoms with Gasteiger partial charge in [0.15, 0.2) is 5.43 Å². The van der Waals surface area contributed by atoms with Gasteiger partial charge in [-0.25, -0.2) is 4.39 Å². The molecule has 0 aliphatic rings. The van der Waals surface area contributed by atoms with Crippen LogP contribution in [0.2, 0.25) is 0 Å². The van der Waals surface area contributed by atoms with Crippen molar-refractivity contribution in [3.05, 3.63) is 105 Å². The third-order valence-electron chi connectivity index (χ3n) is 6.80. The second kappa shape index (κ2) is 11.4. The summed E-state index contributed by atoms with van der Waals surface area (Å²) in [7, 11) is 0. The van der Waals surface area contributed by atoms with Crippen molar-refractivity contribution in [2.24, 2.45) is 11.7 Å². The van der Waals surface area contributed by atoms with Crippen molar-refractivity contribution >= 4 is 38.6 Å². The molecule has 3 aromatic carbocycles. The van der Waals surface area contributed by atoms with E-state index in [4.69, 9.17) is 10.2 Å². The van der Waals surface area contributed by atoms with Gasteiger partial charge in [-0.3, -0.25) is 9.59 Å². The monoisotopic (exact) mass is 544 g/mol. The summed E-state index contributed by atoms with van der Waals surface area (Å²) in [6.45, 7) is 4.68. The summed E-state index contributed by atoms with van der Waals surface area (Å²) in [5.41, 5.74) is 8.26. The van der Waals surface area contributed by atoms with Crippen LogP contribution in [0.5, 0.6) is 0 Å². The van der Waals surface area contributed by atoms with Gasteiger partial charge in [-0.15, -0.1) is 5.10 Å². The number of hydrogen-bond acceptors (Lipinski definition) is 7. The van der Waals surface area contributed by atoms with Crippen molar-refractivity contribution in [2.75, 3.05) is 13.1 Å². The van der Waals surface area contributed by atoms with Crippen LogP contribution in [-0.4, -0.2) is 33.5 Å². The molecule has 0 spiro atoms. The minimum Gasteiger partial charge on any atom is -0.458 e. The number of carbonyl (C=O) groups excluding carboxylic acids is 1. The van der Waals surface area contributed by atoms with Gasteiger partial charge in [-0.1, -0.05) is 48.7 Å². The van der Waals surface area contributed by atoms with Crippen molar-refractivity contribution in [3.63, 3.8) is 0 Å². The Morgan fingerprint density at radius 2 is 1.90 bits per heavy atom. The number of hydrogen-bond donors (Lipinski definition) is 1. The molecule has 0 radical (unpaired) electrons. The largest absolute Gasteiger partial charge is 0.458 e. The SMILES string of the molecule is CC(C)C(c1oc2cc(F)ccc2c(=O)c1Cc1ccccc1)N(CCCN)C(=O)c1ccc2snnc2c1. The van der Waals surface area contributed by atoms with Crippen LogP contribution in [0.15, 0.2) is 75.9 Å². The summed E-state index contributed by atoms with van der Waals surface area (Å²) in [5, 5.41) is 4.42. The molecule has 200 valence electrons. The van der Waals surface area contributed by atoms with Gasteiger partial charge in [-0.2, -0.15) is 0 Å². The molecular formula is C30H29FN4O3S. The molecule has 7 nitrogen and oxygen atoms in total. The van der Waals surface area contributed by atoms with Gasteiger partial charge in [0.2, 0.25) is 0 Å². The number of amides is 1. The molecule has 2 heterocycles. The van der Waals surface area contributed by atoms with E-state index in [1.807, 2.05) is 50.2 Å². The van der Waals surface area contributed by atoms with Crippen molar-refractivity contribution in [3.8, 4) is 0 Å². The second-order valence-electron chi connectivity index (χ2n) is 9.86. The van der Waals surface area contributed by atoms with Crippen LogP contribution in [0.1, 0.15) is 53.6 Å². The van der Waals surface area contributed by atoms with Crippen LogP contribution in [0.4, 0.5) is 4.39 Å². The lowest BCUT2D eigenvalue weighted by atomic mass is 9.91. The number of nitrogens with zero attached hydrogens (tertiary/aromatic N) is 3. The van der Waals surface area contributed by atoms with Crippen molar-refractivity contribution in [1.29, 1.82) is 0 Å². The molecule has 1 atom stereocenters. The number of rotatable bonds is 9. The number of carbonyl (C=O) groups is 1. The van der Waals surface area contributed by atoms with Crippen LogP contribution in [-0.2, 0) is 6.42 Å². The zero-order valence-electron chi connectivity index (χ0n) is 21.8. The first-order chi connectivity index (χ1) is 18.9. The summed E-state index contributed by atoms with van der Waals surface area (Å²) in [4.78, 5) is 29.7. The van der Waals surface area contributed by atoms with E-state index in [1.165, 1.54) is 29.7 Å². The predicted molar refractivity (Wildman–Crippen MR) is 151 cm³/mol. The molecule has 5 aromatic rings. The summed E-state index contributed by atoms with van der Waals surface area (Å²) in [5.74, 6) is -0.516. The molecule has 2 aromatic heterocycles. The topological polar surface area (TPSA) is 102 Å². The summed E-state index contributed by atoms with van der Waals surface area (Å²) < 4.78 is 25.5. The average Bonchev–Trinajstić information content (AvgIpc) is 3.40. The van der Waals surface area contributed by atoms with E-state index in [9.17, 15) is 14.0 Å². The molecule has 0 aliphatic carbocycles. The zero-order valence-corrected chi connectivity index (χ0v) is 22.6. The number of benzene rings is 3. The fraction of sp³-hybridized carbons (Fsp3) is 0.267. The molecule has 1 amide bonds. The van der Waals surface area contributed by atoms with Gasteiger partial charge in [0, 0.05) is 30.2 Å². The molecule has 0 fully saturated rings. The van der Waals surface area contributed by atoms with E-state index in [0.29, 0.717) is 53.7 Å². The number of nitrogens with two attached hydrogens (primary N) is 1. The molecule has 0 saturated carbocycles. The van der Waals surface area contributed by atoms with E-state index in [0.717, 1.165) is 10.3 Å². The molecular weight excluding hydrogens is 515 g/mol. The second-order valence-corrected chi connectivity index (χ2v) is 10.6. The highest BCUT2D eigenvalue weighted by atomic mass is 32.1. The molecule has 0 aliphatic heterocycles. The Morgan fingerprint density at radius 3 is 2.64 bits per heavy atom. The predicted octanol–water partition coefficient (Wildman–Crippen LogP) is 5.72. The zero-order chi connectivity index (χ0) is 27.5. The number of fused-ring (bicyclic) bond motifs is 2. The molecule has 2 N–H and O–H groups in total. The first kappa shape index (κ1) is 26.6. The molecule has 39 heavy (non-hydrogen) atoms. The Morgan fingerprint density at radius 1 is 1.10 bits per heavy atom. The first-order valence-electron chi connectivity index (χ1n) is 12.9. The van der Waals surface area contributed by atoms with Gasteiger partial charge in [-0.05, 0) is 66.3 Å². The third kappa shape index (κ3) is 5.46. The number of halogens is 1. The maximum absolute atomic E-state index is 14.2. The minimum absolute atomic E-state index is 0.139. The Hall–Kier alpha value is -3.95. The van der Waals surface area contributed by atoms with Crippen LogP contribution in [0.25, 0.3) is 21.2 Å². The smallest absolute Gasteiger partial charge is 0.254 e. The van der Waals surface area contributed by atoms with E-state index < -0.39 is 11.9 Å². The highest BCUT2D eigenvalue weighted by molar-refractivity contribution is 7.12. The Kier molecular flexibility index (Phi) is 7.81. The van der Waals surface area contributed by atoms with Crippen LogP contribution in [0, 0.1) is 11.7 Å². The highest BCUT2D eigenvalue weighted by Crippen LogP contribution is 2.35. The molecule has 0 bridgehead atoms. The van der Waals surface area contributed by atoms with Crippen molar-refractivity contribution in [2.45, 2.75) is 32.7 Å².